The van der Waals surface area contributed by atoms with E-state index < -0.39 is 0 Å². The maximum absolute atomic E-state index is 6.30. The molecule has 0 aliphatic heterocycles. The third kappa shape index (κ3) is 5.07. The monoisotopic (exact) mass is 424 g/mol. The fourth-order valence-corrected chi connectivity index (χ4v) is 5.17. The van der Waals surface area contributed by atoms with E-state index in [-0.39, 0.29) is 0 Å². The minimum atomic E-state index is 0.536. The molecule has 0 radical (unpaired) electrons. The first-order valence-corrected chi connectivity index (χ1v) is 12.0. The number of hydrogen-bond acceptors (Lipinski definition) is 2. The summed E-state index contributed by atoms with van der Waals surface area (Å²) in [6.07, 6.45) is 10.5. The lowest BCUT2D eigenvalue weighted by atomic mass is 9.70. The van der Waals surface area contributed by atoms with Crippen molar-refractivity contribution in [2.45, 2.75) is 51.7 Å². The number of ether oxygens (including phenoxy) is 2. The van der Waals surface area contributed by atoms with E-state index in [0.29, 0.717) is 13.2 Å². The highest BCUT2D eigenvalue weighted by Gasteiger charge is 2.28. The molecule has 2 aliphatic rings. The van der Waals surface area contributed by atoms with Gasteiger partial charge in [0.2, 0.25) is 0 Å². The lowest BCUT2D eigenvalue weighted by Gasteiger charge is -2.35. The summed E-state index contributed by atoms with van der Waals surface area (Å²) in [7, 11) is 0. The zero-order valence-corrected chi connectivity index (χ0v) is 18.7. The Morgan fingerprint density at radius 3 is 1.97 bits per heavy atom. The Morgan fingerprint density at radius 1 is 0.656 bits per heavy atom. The molecule has 0 N–H and O–H groups in total. The minimum absolute atomic E-state index is 0.536. The largest absolute Gasteiger partial charge is 0.485 e. The lowest BCUT2D eigenvalue weighted by Crippen LogP contribution is -2.22. The molecule has 1 fully saturated rings. The number of fused-ring (bicyclic) bond motifs is 1. The predicted octanol–water partition coefficient (Wildman–Crippen LogP) is 7.83. The molecule has 2 aliphatic carbocycles. The second kappa shape index (κ2) is 10.1. The third-order valence-electron chi connectivity index (χ3n) is 7.00. The van der Waals surface area contributed by atoms with E-state index in [9.17, 15) is 0 Å². The van der Waals surface area contributed by atoms with E-state index in [1.165, 1.54) is 49.7 Å². The van der Waals surface area contributed by atoms with Crippen LogP contribution in [0.25, 0.3) is 5.57 Å². The molecular weight excluding hydrogens is 392 g/mol. The van der Waals surface area contributed by atoms with Gasteiger partial charge in [-0.25, -0.2) is 0 Å². The van der Waals surface area contributed by atoms with Gasteiger partial charge in [-0.15, -0.1) is 0 Å². The van der Waals surface area contributed by atoms with Crippen LogP contribution in [0, 0.1) is 11.8 Å². The van der Waals surface area contributed by atoms with Crippen LogP contribution in [0.3, 0.4) is 0 Å². The van der Waals surface area contributed by atoms with Crippen LogP contribution in [0.2, 0.25) is 0 Å². The molecular formula is C30H32O2. The lowest BCUT2D eigenvalue weighted by molar-refractivity contribution is 0.235. The zero-order chi connectivity index (χ0) is 21.6. The fourth-order valence-electron chi connectivity index (χ4n) is 5.17. The molecule has 32 heavy (non-hydrogen) atoms. The molecule has 0 unspecified atom stereocenters. The zero-order valence-electron chi connectivity index (χ0n) is 18.7. The van der Waals surface area contributed by atoms with Crippen molar-refractivity contribution < 1.29 is 9.47 Å². The predicted molar refractivity (Wildman–Crippen MR) is 131 cm³/mol. The molecule has 164 valence electrons. The van der Waals surface area contributed by atoms with Gasteiger partial charge in [0.15, 0.2) is 11.5 Å². The van der Waals surface area contributed by atoms with Crippen LogP contribution in [-0.2, 0) is 13.2 Å². The topological polar surface area (TPSA) is 18.5 Å². The van der Waals surface area contributed by atoms with Crippen LogP contribution in [0.5, 0.6) is 11.5 Å². The Balaban J connectivity index is 1.37. The second-order valence-corrected chi connectivity index (χ2v) is 9.18. The molecule has 0 bridgehead atoms. The summed E-state index contributed by atoms with van der Waals surface area (Å²) in [5, 5.41) is 0. The summed E-state index contributed by atoms with van der Waals surface area (Å²) in [5.74, 6) is 3.38. The van der Waals surface area contributed by atoms with Crippen molar-refractivity contribution in [3.05, 3.63) is 102 Å². The molecule has 0 aromatic heterocycles. The summed E-state index contributed by atoms with van der Waals surface area (Å²) < 4.78 is 12.5. The SMILES string of the molecule is C1=C(c2ccc(OCc3ccccc3)c(OCc3ccccc3)c2)C[C@@H]2CCCC[C@@H]2C1. The summed E-state index contributed by atoms with van der Waals surface area (Å²) in [6, 6.07) is 27.1. The fraction of sp³-hybridized carbons (Fsp3) is 0.333. The number of rotatable bonds is 7. The summed E-state index contributed by atoms with van der Waals surface area (Å²) in [5.41, 5.74) is 5.08. The van der Waals surface area contributed by atoms with Crippen molar-refractivity contribution >= 4 is 5.57 Å². The van der Waals surface area contributed by atoms with Crippen LogP contribution in [0.4, 0.5) is 0 Å². The molecule has 0 spiro atoms. The smallest absolute Gasteiger partial charge is 0.162 e. The van der Waals surface area contributed by atoms with E-state index in [4.69, 9.17) is 9.47 Å². The highest BCUT2D eigenvalue weighted by molar-refractivity contribution is 5.69. The van der Waals surface area contributed by atoms with Gasteiger partial charge in [0, 0.05) is 0 Å². The normalized spacial score (nSPS) is 20.2. The first-order valence-electron chi connectivity index (χ1n) is 12.0. The van der Waals surface area contributed by atoms with E-state index in [1.807, 2.05) is 24.3 Å². The van der Waals surface area contributed by atoms with Gasteiger partial charge < -0.3 is 9.47 Å². The molecule has 5 rings (SSSR count). The molecule has 0 saturated heterocycles. The van der Waals surface area contributed by atoms with E-state index in [1.54, 1.807) is 0 Å². The van der Waals surface area contributed by atoms with Gasteiger partial charge in [0.1, 0.15) is 13.2 Å². The third-order valence-corrected chi connectivity index (χ3v) is 7.00. The molecule has 3 aromatic rings. The highest BCUT2D eigenvalue weighted by atomic mass is 16.5. The molecule has 0 heterocycles. The summed E-state index contributed by atoms with van der Waals surface area (Å²) in [6.45, 7) is 1.07. The van der Waals surface area contributed by atoms with Crippen molar-refractivity contribution in [3.8, 4) is 11.5 Å². The summed E-state index contributed by atoms with van der Waals surface area (Å²) >= 11 is 0. The van der Waals surface area contributed by atoms with Crippen LogP contribution < -0.4 is 9.47 Å². The quantitative estimate of drug-likeness (QED) is 0.385. The van der Waals surface area contributed by atoms with Crippen molar-refractivity contribution in [1.29, 1.82) is 0 Å². The maximum Gasteiger partial charge on any atom is 0.162 e. The first-order chi connectivity index (χ1) is 15.8. The Hall–Kier alpha value is -3.00. The van der Waals surface area contributed by atoms with Crippen molar-refractivity contribution in [2.75, 3.05) is 0 Å². The van der Waals surface area contributed by atoms with E-state index in [0.717, 1.165) is 34.5 Å². The van der Waals surface area contributed by atoms with Crippen molar-refractivity contribution in [1.82, 2.24) is 0 Å². The number of allylic oxidation sites excluding steroid dienone is 2. The Morgan fingerprint density at radius 2 is 1.28 bits per heavy atom. The van der Waals surface area contributed by atoms with Gasteiger partial charge in [-0.1, -0.05) is 85.6 Å². The number of hydrogen-bond donors (Lipinski definition) is 0. The number of benzene rings is 3. The van der Waals surface area contributed by atoms with E-state index >= 15 is 0 Å². The Bertz CT molecular complexity index is 1040. The van der Waals surface area contributed by atoms with Crippen molar-refractivity contribution in [3.63, 3.8) is 0 Å². The van der Waals surface area contributed by atoms with E-state index in [2.05, 4.69) is 60.7 Å². The molecule has 0 amide bonds. The van der Waals surface area contributed by atoms with Crippen LogP contribution >= 0.6 is 0 Å². The first kappa shape index (κ1) is 20.9. The van der Waals surface area contributed by atoms with Gasteiger partial charge in [-0.2, -0.15) is 0 Å². The summed E-state index contributed by atoms with van der Waals surface area (Å²) in [4.78, 5) is 0. The molecule has 3 aromatic carbocycles. The molecule has 1 saturated carbocycles. The standard InChI is InChI=1S/C30H32O2/c1-3-9-23(10-4-1)21-31-29-18-17-28(20-30(29)32-22-24-11-5-2-6-12-24)27-16-15-25-13-7-8-14-26(25)19-27/h1-6,9-12,16-18,20,25-26H,7-8,13-15,19,21-22H2/t25-,26+/m1/s1. The van der Waals surface area contributed by atoms with Gasteiger partial charge in [-0.05, 0) is 71.9 Å². The average Bonchev–Trinajstić information content (AvgIpc) is 2.87. The van der Waals surface area contributed by atoms with Gasteiger partial charge >= 0.3 is 0 Å². The highest BCUT2D eigenvalue weighted by Crippen LogP contribution is 2.44. The Labute approximate surface area is 191 Å². The van der Waals surface area contributed by atoms with Gasteiger partial charge in [0.25, 0.3) is 0 Å². The van der Waals surface area contributed by atoms with Crippen molar-refractivity contribution in [2.24, 2.45) is 11.8 Å². The van der Waals surface area contributed by atoms with Crippen LogP contribution in [0.1, 0.15) is 55.2 Å². The van der Waals surface area contributed by atoms with Gasteiger partial charge in [-0.3, -0.25) is 0 Å². The van der Waals surface area contributed by atoms with Crippen LogP contribution in [0.15, 0.2) is 84.9 Å². The molecule has 2 heteroatoms. The maximum atomic E-state index is 6.30. The minimum Gasteiger partial charge on any atom is -0.485 e. The molecule has 2 atom stereocenters. The van der Waals surface area contributed by atoms with Gasteiger partial charge in [0.05, 0.1) is 0 Å². The molecule has 2 nitrogen and oxygen atoms in total. The Kier molecular flexibility index (Phi) is 6.58. The van der Waals surface area contributed by atoms with Crippen LogP contribution in [-0.4, -0.2) is 0 Å². The second-order valence-electron chi connectivity index (χ2n) is 9.18. The average molecular weight is 425 g/mol.